The first-order valence-corrected chi connectivity index (χ1v) is 12.9. The van der Waals surface area contributed by atoms with Crippen LogP contribution in [0.2, 0.25) is 0 Å². The van der Waals surface area contributed by atoms with Gasteiger partial charge < -0.3 is 20.3 Å². The molecular weight excluding hydrogens is 446 g/mol. The molecule has 2 N–H and O–H groups in total. The third kappa shape index (κ3) is 5.08. The number of thiazole rings is 1. The third-order valence-corrected chi connectivity index (χ3v) is 7.62. The van der Waals surface area contributed by atoms with E-state index < -0.39 is 0 Å². The third-order valence-electron chi connectivity index (χ3n) is 6.80. The minimum Gasteiger partial charge on any atom is -0.483 e. The largest absolute Gasteiger partial charge is 0.483 e. The molecule has 1 aromatic carbocycles. The highest BCUT2D eigenvalue weighted by molar-refractivity contribution is 7.09. The monoisotopic (exact) mass is 477 g/mol. The van der Waals surface area contributed by atoms with Crippen molar-refractivity contribution in [1.29, 1.82) is 0 Å². The maximum Gasteiger partial charge on any atom is 0.253 e. The van der Waals surface area contributed by atoms with Gasteiger partial charge in [-0.1, -0.05) is 12.1 Å². The number of pyridine rings is 1. The number of aryl methyl sites for hydroxylation is 1. The summed E-state index contributed by atoms with van der Waals surface area (Å²) in [6, 6.07) is 10.3. The molecule has 0 atom stereocenters. The lowest BCUT2D eigenvalue weighted by atomic mass is 10.0. The van der Waals surface area contributed by atoms with Crippen molar-refractivity contribution < 1.29 is 9.53 Å². The highest BCUT2D eigenvalue weighted by Crippen LogP contribution is 2.29. The second kappa shape index (κ2) is 10.1. The molecule has 5 rings (SSSR count). The van der Waals surface area contributed by atoms with Gasteiger partial charge in [-0.25, -0.2) is 9.97 Å². The van der Waals surface area contributed by atoms with Crippen LogP contribution < -0.4 is 10.5 Å². The Morgan fingerprint density at radius 2 is 1.85 bits per heavy atom. The highest BCUT2D eigenvalue weighted by atomic mass is 32.1. The van der Waals surface area contributed by atoms with Crippen LogP contribution in [0.4, 0.5) is 5.82 Å². The molecule has 2 fully saturated rings. The zero-order valence-electron chi connectivity index (χ0n) is 19.6. The molecule has 2 saturated heterocycles. The number of amides is 1. The zero-order valence-corrected chi connectivity index (χ0v) is 20.4. The smallest absolute Gasteiger partial charge is 0.253 e. The quantitative estimate of drug-likeness (QED) is 0.567. The molecular formula is C26H31N5O2S. The van der Waals surface area contributed by atoms with Gasteiger partial charge in [0.1, 0.15) is 6.61 Å². The van der Waals surface area contributed by atoms with E-state index in [1.165, 1.54) is 25.9 Å². The molecule has 8 heteroatoms. The number of anilines is 1. The van der Waals surface area contributed by atoms with Crippen molar-refractivity contribution in [2.45, 2.75) is 45.3 Å². The fraction of sp³-hybridized carbons (Fsp3) is 0.423. The van der Waals surface area contributed by atoms with Gasteiger partial charge in [0.25, 0.3) is 5.91 Å². The normalized spacial score (nSPS) is 17.3. The van der Waals surface area contributed by atoms with Crippen LogP contribution in [0.15, 0.2) is 41.9 Å². The number of hydrogen-bond donors (Lipinski definition) is 1. The van der Waals surface area contributed by atoms with Gasteiger partial charge in [-0.2, -0.15) is 0 Å². The van der Waals surface area contributed by atoms with Crippen LogP contribution in [0.3, 0.4) is 0 Å². The number of likely N-dealkylation sites (tertiary alicyclic amines) is 2. The van der Waals surface area contributed by atoms with Crippen molar-refractivity contribution in [3.63, 3.8) is 0 Å². The summed E-state index contributed by atoms with van der Waals surface area (Å²) < 4.78 is 5.88. The Labute approximate surface area is 204 Å². The van der Waals surface area contributed by atoms with Crippen LogP contribution in [0, 0.1) is 6.92 Å². The Morgan fingerprint density at radius 3 is 2.53 bits per heavy atom. The average Bonchev–Trinajstić information content (AvgIpc) is 3.55. The number of aromatic nitrogens is 2. The van der Waals surface area contributed by atoms with Gasteiger partial charge in [-0.3, -0.25) is 4.79 Å². The van der Waals surface area contributed by atoms with E-state index in [1.807, 2.05) is 47.5 Å². The Bertz CT molecular complexity index is 1130. The van der Waals surface area contributed by atoms with Crippen molar-refractivity contribution >= 4 is 23.1 Å². The number of nitrogens with two attached hydrogens (primary N) is 1. The summed E-state index contributed by atoms with van der Waals surface area (Å²) in [4.78, 5) is 26.4. The first kappa shape index (κ1) is 22.8. The number of hydrogen-bond acceptors (Lipinski definition) is 7. The van der Waals surface area contributed by atoms with E-state index in [2.05, 4.69) is 14.9 Å². The SMILES string of the molecule is Cc1nc(COc2cc(-c3ccc(C(=O)N4CCC(N5CCCC5)CC4)cc3)cnc2N)cs1. The molecule has 0 unspecified atom stereocenters. The van der Waals surface area contributed by atoms with E-state index in [-0.39, 0.29) is 5.91 Å². The second-order valence-corrected chi connectivity index (χ2v) is 10.2. The predicted molar refractivity (Wildman–Crippen MR) is 135 cm³/mol. The number of piperidine rings is 1. The van der Waals surface area contributed by atoms with Crippen molar-refractivity contribution in [3.8, 4) is 16.9 Å². The second-order valence-electron chi connectivity index (χ2n) is 9.10. The molecule has 4 heterocycles. The summed E-state index contributed by atoms with van der Waals surface area (Å²) in [5.74, 6) is 0.994. The number of ether oxygens (including phenoxy) is 1. The maximum atomic E-state index is 13.1. The minimum atomic E-state index is 0.115. The number of carbonyl (C=O) groups is 1. The van der Waals surface area contributed by atoms with Gasteiger partial charge in [0.2, 0.25) is 0 Å². The first-order chi connectivity index (χ1) is 16.6. The van der Waals surface area contributed by atoms with Crippen molar-refractivity contribution in [2.75, 3.05) is 31.9 Å². The topological polar surface area (TPSA) is 84.6 Å². The molecule has 3 aromatic rings. The van der Waals surface area contributed by atoms with Gasteiger partial charge in [-0.15, -0.1) is 11.3 Å². The summed E-state index contributed by atoms with van der Waals surface area (Å²) >= 11 is 1.59. The summed E-state index contributed by atoms with van der Waals surface area (Å²) in [7, 11) is 0. The Morgan fingerprint density at radius 1 is 1.12 bits per heavy atom. The van der Waals surface area contributed by atoms with E-state index in [0.29, 0.717) is 24.2 Å². The van der Waals surface area contributed by atoms with E-state index in [0.717, 1.165) is 53.3 Å². The maximum absolute atomic E-state index is 13.1. The van der Waals surface area contributed by atoms with Crippen LogP contribution in [0.5, 0.6) is 5.75 Å². The summed E-state index contributed by atoms with van der Waals surface area (Å²) in [5, 5.41) is 2.98. The highest BCUT2D eigenvalue weighted by Gasteiger charge is 2.28. The summed E-state index contributed by atoms with van der Waals surface area (Å²) in [6.45, 7) is 6.43. The molecule has 0 bridgehead atoms. The number of nitrogens with zero attached hydrogens (tertiary/aromatic N) is 4. The van der Waals surface area contributed by atoms with Gasteiger partial charge in [0, 0.05) is 41.8 Å². The Kier molecular flexibility index (Phi) is 6.78. The van der Waals surface area contributed by atoms with E-state index in [1.54, 1.807) is 17.5 Å². The number of nitrogen functional groups attached to an aromatic ring is 1. The fourth-order valence-electron chi connectivity index (χ4n) is 4.88. The van der Waals surface area contributed by atoms with Crippen molar-refractivity contribution in [2.24, 2.45) is 0 Å². The lowest BCUT2D eigenvalue weighted by Crippen LogP contribution is -2.45. The van der Waals surface area contributed by atoms with Crippen molar-refractivity contribution in [1.82, 2.24) is 19.8 Å². The van der Waals surface area contributed by atoms with E-state index in [4.69, 9.17) is 10.5 Å². The van der Waals surface area contributed by atoms with Crippen LogP contribution >= 0.6 is 11.3 Å². The zero-order chi connectivity index (χ0) is 23.5. The Hall–Kier alpha value is -2.97. The summed E-state index contributed by atoms with van der Waals surface area (Å²) in [6.07, 6.45) is 6.51. The number of rotatable bonds is 6. The Balaban J connectivity index is 1.22. The lowest BCUT2D eigenvalue weighted by Gasteiger charge is -2.36. The number of carbonyl (C=O) groups excluding carboxylic acids is 1. The fourth-order valence-corrected chi connectivity index (χ4v) is 5.48. The van der Waals surface area contributed by atoms with Gasteiger partial charge in [0.15, 0.2) is 11.6 Å². The summed E-state index contributed by atoms with van der Waals surface area (Å²) in [5.41, 5.74) is 9.48. The van der Waals surface area contributed by atoms with Gasteiger partial charge in [-0.05, 0) is 69.5 Å². The van der Waals surface area contributed by atoms with Crippen LogP contribution in [0.1, 0.15) is 46.7 Å². The average molecular weight is 478 g/mol. The lowest BCUT2D eigenvalue weighted by molar-refractivity contribution is 0.0644. The predicted octanol–water partition coefficient (Wildman–Crippen LogP) is 4.38. The minimum absolute atomic E-state index is 0.115. The van der Waals surface area contributed by atoms with E-state index in [9.17, 15) is 4.79 Å². The van der Waals surface area contributed by atoms with Crippen LogP contribution in [-0.2, 0) is 6.61 Å². The number of benzene rings is 1. The van der Waals surface area contributed by atoms with Gasteiger partial charge in [0.05, 0.1) is 10.7 Å². The molecule has 0 spiro atoms. The van der Waals surface area contributed by atoms with E-state index >= 15 is 0 Å². The molecule has 34 heavy (non-hydrogen) atoms. The molecule has 2 aliphatic rings. The molecule has 1 amide bonds. The van der Waals surface area contributed by atoms with Crippen LogP contribution in [0.25, 0.3) is 11.1 Å². The molecule has 7 nitrogen and oxygen atoms in total. The molecule has 2 aromatic heterocycles. The molecule has 178 valence electrons. The van der Waals surface area contributed by atoms with Crippen molar-refractivity contribution in [3.05, 3.63) is 58.2 Å². The first-order valence-electron chi connectivity index (χ1n) is 12.0. The molecule has 0 aliphatic carbocycles. The molecule has 0 saturated carbocycles. The molecule has 2 aliphatic heterocycles. The van der Waals surface area contributed by atoms with Gasteiger partial charge >= 0.3 is 0 Å². The molecule has 0 radical (unpaired) electrons. The standard InChI is InChI=1S/C26H31N5O2S/c1-18-29-22(17-34-18)16-33-24-14-21(15-28-25(24)27)19-4-6-20(7-5-19)26(32)31-12-8-23(9-13-31)30-10-2-3-11-30/h4-7,14-15,17,23H,2-3,8-13,16H2,1H3,(H2,27,28). The van der Waals surface area contributed by atoms with Crippen LogP contribution in [-0.4, -0.2) is 57.9 Å².